The molecule has 0 radical (unpaired) electrons. The van der Waals surface area contributed by atoms with Crippen LogP contribution in [0.5, 0.6) is 0 Å². The molecule has 0 bridgehead atoms. The molecule has 9 heteroatoms. The molecule has 0 saturated heterocycles. The lowest BCUT2D eigenvalue weighted by molar-refractivity contribution is 0.0600. The lowest BCUT2D eigenvalue weighted by Gasteiger charge is -2.21. The van der Waals surface area contributed by atoms with E-state index in [0.717, 1.165) is 25.7 Å². The zero-order valence-electron chi connectivity index (χ0n) is 18.8. The van der Waals surface area contributed by atoms with Crippen molar-refractivity contribution in [1.82, 2.24) is 14.5 Å². The van der Waals surface area contributed by atoms with Gasteiger partial charge in [0.1, 0.15) is 11.5 Å². The number of ether oxygens (including phenoxy) is 1. The molecule has 32 heavy (non-hydrogen) atoms. The van der Waals surface area contributed by atoms with Gasteiger partial charge in [-0.2, -0.15) is 0 Å². The van der Waals surface area contributed by atoms with Crippen molar-refractivity contribution in [2.75, 3.05) is 26.1 Å². The first kappa shape index (κ1) is 25.4. The number of methoxy groups -OCH3 is 1. The first-order chi connectivity index (χ1) is 15.4. The van der Waals surface area contributed by atoms with E-state index in [2.05, 4.69) is 23.6 Å². The van der Waals surface area contributed by atoms with E-state index in [1.165, 1.54) is 25.3 Å². The molecule has 8 nitrogen and oxygen atoms in total. The van der Waals surface area contributed by atoms with E-state index in [9.17, 15) is 19.5 Å². The molecule has 1 amide bonds. The van der Waals surface area contributed by atoms with Crippen molar-refractivity contribution >= 4 is 29.4 Å². The summed E-state index contributed by atoms with van der Waals surface area (Å²) in [7, 11) is 1.23. The number of alkyl halides is 1. The summed E-state index contributed by atoms with van der Waals surface area (Å²) >= 11 is 5.95. The third-order valence-corrected chi connectivity index (χ3v) is 5.25. The molecule has 1 heterocycles. The van der Waals surface area contributed by atoms with Gasteiger partial charge in [0.2, 0.25) is 0 Å². The second-order valence-electron chi connectivity index (χ2n) is 7.39. The van der Waals surface area contributed by atoms with Crippen molar-refractivity contribution in [3.63, 3.8) is 0 Å². The SMILES string of the molecule is CCCCN(CCCC)C(=O)c1cn(CCCl)c(-c2ccc(C(=O)OC)cc2C(=O)O)n1. The second-order valence-corrected chi connectivity index (χ2v) is 7.77. The van der Waals surface area contributed by atoms with E-state index in [1.807, 2.05) is 0 Å². The maximum atomic E-state index is 13.2. The first-order valence-electron chi connectivity index (χ1n) is 10.8. The van der Waals surface area contributed by atoms with Crippen LogP contribution in [-0.2, 0) is 11.3 Å². The van der Waals surface area contributed by atoms with Crippen LogP contribution in [0.2, 0.25) is 0 Å². The Labute approximate surface area is 193 Å². The highest BCUT2D eigenvalue weighted by Gasteiger charge is 2.24. The molecule has 2 aromatic rings. The fourth-order valence-electron chi connectivity index (χ4n) is 3.33. The Morgan fingerprint density at radius 1 is 1.16 bits per heavy atom. The number of nitrogens with zero attached hydrogens (tertiary/aromatic N) is 3. The molecule has 1 N–H and O–H groups in total. The summed E-state index contributed by atoms with van der Waals surface area (Å²) in [5, 5.41) is 9.73. The maximum absolute atomic E-state index is 13.2. The average molecular weight is 464 g/mol. The first-order valence-corrected chi connectivity index (χ1v) is 11.3. The summed E-state index contributed by atoms with van der Waals surface area (Å²) in [6.45, 7) is 5.77. The van der Waals surface area contributed by atoms with Crippen LogP contribution in [0.3, 0.4) is 0 Å². The van der Waals surface area contributed by atoms with Gasteiger partial charge in [0, 0.05) is 37.3 Å². The molecule has 174 valence electrons. The number of unbranched alkanes of at least 4 members (excludes halogenated alkanes) is 2. The standard InChI is InChI=1S/C23H30ClN3O5/c1-4-6-11-26(12-7-5-2)21(28)19-15-27(13-10-24)20(25-19)17-9-8-16(23(31)32-3)14-18(17)22(29)30/h8-9,14-15H,4-7,10-13H2,1-3H3,(H,29,30). The Morgan fingerprint density at radius 3 is 2.34 bits per heavy atom. The van der Waals surface area contributed by atoms with Gasteiger partial charge in [-0.1, -0.05) is 26.7 Å². The highest BCUT2D eigenvalue weighted by atomic mass is 35.5. The van der Waals surface area contributed by atoms with Gasteiger partial charge >= 0.3 is 11.9 Å². The van der Waals surface area contributed by atoms with Crippen LogP contribution >= 0.6 is 11.6 Å². The molecule has 0 spiro atoms. The summed E-state index contributed by atoms with van der Waals surface area (Å²) in [4.78, 5) is 43.3. The number of imidazole rings is 1. The van der Waals surface area contributed by atoms with Crippen LogP contribution in [0.4, 0.5) is 0 Å². The number of aromatic carboxylic acids is 1. The summed E-state index contributed by atoms with van der Waals surface area (Å²) < 4.78 is 6.36. The summed E-state index contributed by atoms with van der Waals surface area (Å²) in [5.41, 5.74) is 0.543. The fraction of sp³-hybridized carbons (Fsp3) is 0.478. The molecule has 0 aliphatic heterocycles. The van der Waals surface area contributed by atoms with E-state index >= 15 is 0 Å². The Hall–Kier alpha value is -2.87. The number of amides is 1. The van der Waals surface area contributed by atoms with Crippen molar-refractivity contribution in [1.29, 1.82) is 0 Å². The molecule has 2 rings (SSSR count). The summed E-state index contributed by atoms with van der Waals surface area (Å²) in [5.74, 6) is -1.47. The van der Waals surface area contributed by atoms with Crippen molar-refractivity contribution in [2.24, 2.45) is 0 Å². The number of rotatable bonds is 12. The van der Waals surface area contributed by atoms with Crippen molar-refractivity contribution in [2.45, 2.75) is 46.1 Å². The monoisotopic (exact) mass is 463 g/mol. The van der Waals surface area contributed by atoms with E-state index < -0.39 is 11.9 Å². The van der Waals surface area contributed by atoms with Crippen LogP contribution in [0, 0.1) is 0 Å². The van der Waals surface area contributed by atoms with Gasteiger partial charge in [-0.05, 0) is 31.0 Å². The second kappa shape index (κ2) is 12.2. The molecule has 0 saturated carbocycles. The van der Waals surface area contributed by atoms with Gasteiger partial charge < -0.3 is 19.3 Å². The third kappa shape index (κ3) is 6.09. The normalized spacial score (nSPS) is 10.8. The van der Waals surface area contributed by atoms with E-state index in [-0.39, 0.29) is 28.6 Å². The largest absolute Gasteiger partial charge is 0.478 e. The lowest BCUT2D eigenvalue weighted by atomic mass is 10.0. The number of carbonyl (C=O) groups is 3. The molecule has 0 atom stereocenters. The highest BCUT2D eigenvalue weighted by Crippen LogP contribution is 2.26. The van der Waals surface area contributed by atoms with Crippen molar-refractivity contribution < 1.29 is 24.2 Å². The van der Waals surface area contributed by atoms with Gasteiger partial charge in [0.05, 0.1) is 18.2 Å². The number of halogens is 1. The minimum Gasteiger partial charge on any atom is -0.478 e. The topological polar surface area (TPSA) is 102 Å². The predicted octanol–water partition coefficient (Wildman–Crippen LogP) is 4.32. The van der Waals surface area contributed by atoms with E-state index in [0.29, 0.717) is 31.0 Å². The smallest absolute Gasteiger partial charge is 0.337 e. The van der Waals surface area contributed by atoms with Crippen LogP contribution < -0.4 is 0 Å². The Balaban J connectivity index is 2.52. The number of aromatic nitrogens is 2. The number of benzene rings is 1. The number of carboxylic acids is 1. The molecule has 1 aromatic heterocycles. The number of hydrogen-bond donors (Lipinski definition) is 1. The number of esters is 1. The molecular weight excluding hydrogens is 434 g/mol. The fourth-order valence-corrected chi connectivity index (χ4v) is 3.51. The van der Waals surface area contributed by atoms with E-state index in [1.54, 1.807) is 15.7 Å². The quantitative estimate of drug-likeness (QED) is 0.371. The Bertz CT molecular complexity index is 949. The number of carbonyl (C=O) groups excluding carboxylic acids is 2. The zero-order chi connectivity index (χ0) is 23.7. The maximum Gasteiger partial charge on any atom is 0.337 e. The number of aryl methyl sites for hydroxylation is 1. The molecule has 1 aromatic carbocycles. The minimum atomic E-state index is -1.22. The Kier molecular flexibility index (Phi) is 9.71. The van der Waals surface area contributed by atoms with Gasteiger partial charge in [-0.15, -0.1) is 11.6 Å². The molecular formula is C23H30ClN3O5. The molecule has 0 fully saturated rings. The van der Waals surface area contributed by atoms with Gasteiger partial charge in [0.15, 0.2) is 0 Å². The van der Waals surface area contributed by atoms with Crippen LogP contribution in [0.15, 0.2) is 24.4 Å². The van der Waals surface area contributed by atoms with Crippen LogP contribution in [-0.4, -0.2) is 63.5 Å². The molecule has 0 aliphatic carbocycles. The van der Waals surface area contributed by atoms with Gasteiger partial charge in [0.25, 0.3) is 5.91 Å². The van der Waals surface area contributed by atoms with Crippen LogP contribution in [0.25, 0.3) is 11.4 Å². The van der Waals surface area contributed by atoms with E-state index in [4.69, 9.17) is 11.6 Å². The van der Waals surface area contributed by atoms with Crippen molar-refractivity contribution in [3.8, 4) is 11.4 Å². The average Bonchev–Trinajstić information content (AvgIpc) is 3.21. The Morgan fingerprint density at radius 2 is 1.81 bits per heavy atom. The predicted molar refractivity (Wildman–Crippen MR) is 122 cm³/mol. The summed E-state index contributed by atoms with van der Waals surface area (Å²) in [6.07, 6.45) is 5.34. The van der Waals surface area contributed by atoms with Crippen LogP contribution in [0.1, 0.15) is 70.7 Å². The highest BCUT2D eigenvalue weighted by molar-refractivity contribution is 6.17. The lowest BCUT2D eigenvalue weighted by Crippen LogP contribution is -2.33. The van der Waals surface area contributed by atoms with Gasteiger partial charge in [-0.3, -0.25) is 4.79 Å². The zero-order valence-corrected chi connectivity index (χ0v) is 19.5. The number of hydrogen-bond acceptors (Lipinski definition) is 5. The van der Waals surface area contributed by atoms with Crippen molar-refractivity contribution in [3.05, 3.63) is 41.2 Å². The molecule has 0 aliphatic rings. The molecule has 0 unspecified atom stereocenters. The summed E-state index contributed by atoms with van der Waals surface area (Å²) in [6, 6.07) is 4.23. The third-order valence-electron chi connectivity index (χ3n) is 5.08. The van der Waals surface area contributed by atoms with Gasteiger partial charge in [-0.25, -0.2) is 14.6 Å². The number of carboxylic acid groups (broad SMARTS) is 1. The minimum absolute atomic E-state index is 0.109.